The summed E-state index contributed by atoms with van der Waals surface area (Å²) in [6, 6.07) is 0.0303. The molecule has 1 saturated heterocycles. The third kappa shape index (κ3) is 2.19. The monoisotopic (exact) mass is 173 g/mol. The van der Waals surface area contributed by atoms with Gasteiger partial charge in [0.1, 0.15) is 0 Å². The van der Waals surface area contributed by atoms with E-state index in [1.54, 1.807) is 6.92 Å². The van der Waals surface area contributed by atoms with Crippen LogP contribution in [0.25, 0.3) is 0 Å². The fourth-order valence-electron chi connectivity index (χ4n) is 1.52. The quantitative estimate of drug-likeness (QED) is 0.626. The number of nitrogens with zero attached hydrogens (tertiary/aromatic N) is 1. The Morgan fingerprint density at radius 3 is 2.50 bits per heavy atom. The van der Waals surface area contributed by atoms with Crippen LogP contribution in [0.15, 0.2) is 0 Å². The Hall–Kier alpha value is -0.610. The lowest BCUT2D eigenvalue weighted by Crippen LogP contribution is -2.62. The van der Waals surface area contributed by atoms with Crippen molar-refractivity contribution < 1.29 is 15.0 Å². The molecule has 0 spiro atoms. The number of likely N-dealkylation sites (tertiary alicyclic amines) is 1. The first-order valence-electron chi connectivity index (χ1n) is 4.09. The highest BCUT2D eigenvalue weighted by Gasteiger charge is 2.39. The molecule has 0 saturated carbocycles. The van der Waals surface area contributed by atoms with Gasteiger partial charge in [-0.2, -0.15) is 0 Å². The van der Waals surface area contributed by atoms with Crippen LogP contribution in [-0.2, 0) is 4.79 Å². The van der Waals surface area contributed by atoms with Gasteiger partial charge in [-0.05, 0) is 13.8 Å². The number of carbonyl (C=O) groups is 1. The van der Waals surface area contributed by atoms with E-state index in [1.165, 1.54) is 0 Å². The average Bonchev–Trinajstić information content (AvgIpc) is 1.80. The van der Waals surface area contributed by atoms with Gasteiger partial charge in [0.25, 0.3) is 0 Å². The molecule has 0 radical (unpaired) electrons. The second-order valence-electron chi connectivity index (χ2n) is 3.85. The van der Waals surface area contributed by atoms with Crippen LogP contribution in [0.4, 0.5) is 0 Å². The van der Waals surface area contributed by atoms with Crippen LogP contribution in [0.5, 0.6) is 0 Å². The summed E-state index contributed by atoms with van der Waals surface area (Å²) >= 11 is 0. The highest BCUT2D eigenvalue weighted by Crippen LogP contribution is 2.23. The number of aliphatic carboxylic acids is 1. The van der Waals surface area contributed by atoms with E-state index in [2.05, 4.69) is 0 Å². The van der Waals surface area contributed by atoms with Crippen LogP contribution in [0, 0.1) is 0 Å². The molecule has 4 heteroatoms. The summed E-state index contributed by atoms with van der Waals surface area (Å²) < 4.78 is 0. The van der Waals surface area contributed by atoms with E-state index < -0.39 is 11.6 Å². The van der Waals surface area contributed by atoms with E-state index in [0.717, 1.165) is 0 Å². The molecule has 4 nitrogen and oxygen atoms in total. The van der Waals surface area contributed by atoms with Gasteiger partial charge in [0.2, 0.25) is 0 Å². The topological polar surface area (TPSA) is 60.8 Å². The van der Waals surface area contributed by atoms with E-state index in [1.807, 2.05) is 11.8 Å². The van der Waals surface area contributed by atoms with Crippen LogP contribution < -0.4 is 0 Å². The SMILES string of the molecule is CC(CC(=O)O)N1CC(C)(O)C1. The predicted octanol–water partition coefficient (Wildman–Crippen LogP) is -0.0838. The van der Waals surface area contributed by atoms with Gasteiger partial charge in [-0.1, -0.05) is 0 Å². The minimum absolute atomic E-state index is 0.0303. The molecule has 0 bridgehead atoms. The molecule has 1 aliphatic heterocycles. The lowest BCUT2D eigenvalue weighted by molar-refractivity contribution is -0.142. The van der Waals surface area contributed by atoms with Crippen molar-refractivity contribution in [2.24, 2.45) is 0 Å². The Balaban J connectivity index is 2.28. The van der Waals surface area contributed by atoms with Gasteiger partial charge in [-0.25, -0.2) is 0 Å². The molecule has 1 heterocycles. The Labute approximate surface area is 71.8 Å². The average molecular weight is 173 g/mol. The second kappa shape index (κ2) is 3.03. The maximum Gasteiger partial charge on any atom is 0.304 e. The zero-order valence-corrected chi connectivity index (χ0v) is 7.45. The molecule has 12 heavy (non-hydrogen) atoms. The predicted molar refractivity (Wildman–Crippen MR) is 43.9 cm³/mol. The van der Waals surface area contributed by atoms with E-state index in [-0.39, 0.29) is 12.5 Å². The van der Waals surface area contributed by atoms with E-state index in [4.69, 9.17) is 5.11 Å². The van der Waals surface area contributed by atoms with Crippen LogP contribution >= 0.6 is 0 Å². The Morgan fingerprint density at radius 2 is 2.17 bits per heavy atom. The smallest absolute Gasteiger partial charge is 0.304 e. The number of carboxylic acids is 1. The fraction of sp³-hybridized carbons (Fsp3) is 0.875. The summed E-state index contributed by atoms with van der Waals surface area (Å²) in [5.41, 5.74) is -0.604. The van der Waals surface area contributed by atoms with Gasteiger partial charge in [-0.3, -0.25) is 9.69 Å². The minimum atomic E-state index is -0.783. The Kier molecular flexibility index (Phi) is 2.39. The van der Waals surface area contributed by atoms with E-state index in [0.29, 0.717) is 13.1 Å². The first kappa shape index (κ1) is 9.48. The lowest BCUT2D eigenvalue weighted by atomic mass is 9.94. The van der Waals surface area contributed by atoms with Crippen molar-refractivity contribution in [3.05, 3.63) is 0 Å². The van der Waals surface area contributed by atoms with Gasteiger partial charge >= 0.3 is 5.97 Å². The van der Waals surface area contributed by atoms with Crippen molar-refractivity contribution >= 4 is 5.97 Å². The molecule has 0 amide bonds. The van der Waals surface area contributed by atoms with Crippen molar-refractivity contribution in [1.29, 1.82) is 0 Å². The van der Waals surface area contributed by atoms with Crippen LogP contribution in [-0.4, -0.2) is 45.8 Å². The van der Waals surface area contributed by atoms with Crippen LogP contribution in [0.3, 0.4) is 0 Å². The fourth-order valence-corrected chi connectivity index (χ4v) is 1.52. The second-order valence-corrected chi connectivity index (χ2v) is 3.85. The summed E-state index contributed by atoms with van der Waals surface area (Å²) in [6.45, 7) is 4.79. The number of hydrogen-bond acceptors (Lipinski definition) is 3. The van der Waals surface area contributed by atoms with Gasteiger partial charge in [0.05, 0.1) is 12.0 Å². The zero-order valence-electron chi connectivity index (χ0n) is 7.45. The van der Waals surface area contributed by atoms with Crippen molar-refractivity contribution in [3.8, 4) is 0 Å². The largest absolute Gasteiger partial charge is 0.481 e. The maximum absolute atomic E-state index is 10.3. The number of hydrogen-bond donors (Lipinski definition) is 2. The highest BCUT2D eigenvalue weighted by molar-refractivity contribution is 5.67. The van der Waals surface area contributed by atoms with Crippen molar-refractivity contribution in [2.75, 3.05) is 13.1 Å². The molecule has 1 rings (SSSR count). The molecule has 1 fully saturated rings. The van der Waals surface area contributed by atoms with Gasteiger partial charge in [0, 0.05) is 19.1 Å². The number of β-amino-alcohol motifs (C(OH)–C–C–N with tert-alkyl or cyclic N) is 1. The molecule has 1 atom stereocenters. The summed E-state index contributed by atoms with van der Waals surface area (Å²) in [6.07, 6.45) is 0.149. The first-order valence-corrected chi connectivity index (χ1v) is 4.09. The molecule has 0 aliphatic carbocycles. The lowest BCUT2D eigenvalue weighted by Gasteiger charge is -2.47. The van der Waals surface area contributed by atoms with E-state index in [9.17, 15) is 9.90 Å². The first-order chi connectivity index (χ1) is 5.41. The van der Waals surface area contributed by atoms with Crippen molar-refractivity contribution in [2.45, 2.75) is 31.9 Å². The third-order valence-corrected chi connectivity index (χ3v) is 2.18. The Bertz CT molecular complexity index is 183. The summed E-state index contributed by atoms with van der Waals surface area (Å²) in [5.74, 6) is -0.783. The summed E-state index contributed by atoms with van der Waals surface area (Å²) in [5, 5.41) is 17.9. The van der Waals surface area contributed by atoms with Crippen LogP contribution in [0.2, 0.25) is 0 Å². The molecular weight excluding hydrogens is 158 g/mol. The number of carboxylic acid groups (broad SMARTS) is 1. The molecular formula is C8H15NO3. The van der Waals surface area contributed by atoms with Gasteiger partial charge in [-0.15, -0.1) is 0 Å². The third-order valence-electron chi connectivity index (χ3n) is 2.18. The van der Waals surface area contributed by atoms with Gasteiger partial charge in [0.15, 0.2) is 0 Å². The van der Waals surface area contributed by atoms with Gasteiger partial charge < -0.3 is 10.2 Å². The van der Waals surface area contributed by atoms with Crippen molar-refractivity contribution in [1.82, 2.24) is 4.90 Å². The Morgan fingerprint density at radius 1 is 1.67 bits per heavy atom. The summed E-state index contributed by atoms with van der Waals surface area (Å²) in [4.78, 5) is 12.3. The molecule has 1 unspecified atom stereocenters. The standard InChI is InChI=1S/C8H15NO3/c1-6(3-7(10)11)9-4-8(2,12)5-9/h6,12H,3-5H2,1-2H3,(H,10,11). The summed E-state index contributed by atoms with van der Waals surface area (Å²) in [7, 11) is 0. The van der Waals surface area contributed by atoms with E-state index >= 15 is 0 Å². The zero-order chi connectivity index (χ0) is 9.35. The molecule has 2 N–H and O–H groups in total. The highest BCUT2D eigenvalue weighted by atomic mass is 16.4. The van der Waals surface area contributed by atoms with Crippen molar-refractivity contribution in [3.63, 3.8) is 0 Å². The number of aliphatic hydroxyl groups is 1. The number of rotatable bonds is 3. The van der Waals surface area contributed by atoms with Crippen LogP contribution in [0.1, 0.15) is 20.3 Å². The molecule has 0 aromatic carbocycles. The molecule has 70 valence electrons. The molecule has 0 aromatic rings. The normalized spacial score (nSPS) is 24.6. The maximum atomic E-state index is 10.3. The molecule has 0 aromatic heterocycles. The molecule has 1 aliphatic rings. The minimum Gasteiger partial charge on any atom is -0.481 e.